The number of carbonyl (C=O) groups is 2. The molecule has 1 unspecified atom stereocenters. The summed E-state index contributed by atoms with van der Waals surface area (Å²) >= 11 is 0. The lowest BCUT2D eigenvalue weighted by molar-refractivity contribution is -0.118. The van der Waals surface area contributed by atoms with Crippen LogP contribution in [0.3, 0.4) is 0 Å². The molecule has 1 atom stereocenters. The molecule has 0 aliphatic carbocycles. The molecule has 0 aliphatic heterocycles. The van der Waals surface area contributed by atoms with E-state index in [9.17, 15) is 9.59 Å². The first-order valence-electron chi connectivity index (χ1n) is 6.03. The lowest BCUT2D eigenvalue weighted by atomic mass is 10.0. The van der Waals surface area contributed by atoms with E-state index < -0.39 is 6.09 Å². The molecule has 0 aromatic carbocycles. The van der Waals surface area contributed by atoms with Crippen molar-refractivity contribution in [3.63, 3.8) is 0 Å². The van der Waals surface area contributed by atoms with Crippen molar-refractivity contribution >= 4 is 17.7 Å². The maximum Gasteiger partial charge on any atom is 0.433 e. The predicted molar refractivity (Wildman–Crippen MR) is 68.4 cm³/mol. The summed E-state index contributed by atoms with van der Waals surface area (Å²) in [6.07, 6.45) is 1.85. The first kappa shape index (κ1) is 16.6. The van der Waals surface area contributed by atoms with Gasteiger partial charge in [-0.1, -0.05) is 6.42 Å². The van der Waals surface area contributed by atoms with Crippen LogP contribution in [-0.2, 0) is 9.53 Å². The van der Waals surface area contributed by atoms with Gasteiger partial charge in [-0.15, -0.1) is 0 Å². The third-order valence-corrected chi connectivity index (χ3v) is 2.30. The number of hydrogen-bond acceptors (Lipinski definition) is 4. The molecule has 0 fully saturated rings. The quantitative estimate of drug-likeness (QED) is 0.505. The number of ether oxygens (including phenoxy) is 1. The molecule has 0 saturated heterocycles. The molecule has 3 N–H and O–H groups in total. The summed E-state index contributed by atoms with van der Waals surface area (Å²) in [6, 6.07) is 0. The summed E-state index contributed by atoms with van der Waals surface area (Å²) in [6.45, 7) is 3.49. The smallest absolute Gasteiger partial charge is 0.433 e. The van der Waals surface area contributed by atoms with Gasteiger partial charge in [-0.2, -0.15) is 4.99 Å². The van der Waals surface area contributed by atoms with Gasteiger partial charge in [-0.05, 0) is 26.7 Å². The second-order valence-corrected chi connectivity index (χ2v) is 4.40. The van der Waals surface area contributed by atoms with Gasteiger partial charge >= 0.3 is 6.09 Å². The maximum atomic E-state index is 11.1. The Morgan fingerprint density at radius 3 is 2.50 bits per heavy atom. The largest absolute Gasteiger partial charge is 0.448 e. The van der Waals surface area contributed by atoms with Crippen molar-refractivity contribution in [2.45, 2.75) is 39.5 Å². The molecule has 0 bridgehead atoms. The Balaban J connectivity index is 3.80. The Bertz CT molecular complexity index is 298. The van der Waals surface area contributed by atoms with Gasteiger partial charge in [-0.3, -0.25) is 4.79 Å². The van der Waals surface area contributed by atoms with E-state index in [1.54, 1.807) is 13.8 Å². The van der Waals surface area contributed by atoms with Gasteiger partial charge in [0.15, 0.2) is 0 Å². The number of rotatable bonds is 8. The highest BCUT2D eigenvalue weighted by Gasteiger charge is 2.10. The van der Waals surface area contributed by atoms with Gasteiger partial charge in [0.1, 0.15) is 0 Å². The van der Waals surface area contributed by atoms with Gasteiger partial charge in [-0.25, -0.2) is 4.79 Å². The predicted octanol–water partition coefficient (Wildman–Crippen LogP) is 1.26. The molecule has 0 radical (unpaired) electrons. The van der Waals surface area contributed by atoms with E-state index in [1.165, 1.54) is 0 Å². The molecule has 0 aromatic heterocycles. The molecule has 0 aliphatic rings. The first-order chi connectivity index (χ1) is 8.45. The molecule has 0 heterocycles. The molecular formula is C12H22N2O4. The minimum atomic E-state index is -0.634. The van der Waals surface area contributed by atoms with Gasteiger partial charge in [0.2, 0.25) is 5.91 Å². The Hall–Kier alpha value is -1.43. The molecule has 6 heteroatoms. The average Bonchev–Trinajstić information content (AvgIpc) is 2.26. The van der Waals surface area contributed by atoms with Crippen molar-refractivity contribution in [3.8, 4) is 0 Å². The van der Waals surface area contributed by atoms with Crippen LogP contribution in [0, 0.1) is 5.92 Å². The van der Waals surface area contributed by atoms with E-state index in [4.69, 9.17) is 15.6 Å². The van der Waals surface area contributed by atoms with E-state index in [2.05, 4.69) is 4.99 Å². The summed E-state index contributed by atoms with van der Waals surface area (Å²) in [7, 11) is 0. The number of amides is 2. The molecular weight excluding hydrogens is 236 g/mol. The molecule has 0 rings (SSSR count). The molecule has 6 nitrogen and oxygen atoms in total. The van der Waals surface area contributed by atoms with Crippen LogP contribution in [-0.4, -0.2) is 36.0 Å². The number of nitrogens with two attached hydrogens (primary N) is 1. The highest BCUT2D eigenvalue weighted by molar-refractivity contribution is 5.89. The standard InChI is InChI=1S/C12H22N2O4/c1-9(2)14-12(17)18-8-10(7-15)5-3-4-6-11(13)16/h10,15H,3-8H2,1-2H3,(H2,13,16). The van der Waals surface area contributed by atoms with Crippen molar-refractivity contribution in [1.82, 2.24) is 0 Å². The summed E-state index contributed by atoms with van der Waals surface area (Å²) in [5.74, 6) is -0.441. The Kier molecular flexibility index (Phi) is 8.82. The van der Waals surface area contributed by atoms with Crippen molar-refractivity contribution in [3.05, 3.63) is 0 Å². The lowest BCUT2D eigenvalue weighted by Gasteiger charge is -2.13. The van der Waals surface area contributed by atoms with Crippen molar-refractivity contribution in [1.29, 1.82) is 0 Å². The van der Waals surface area contributed by atoms with Crippen molar-refractivity contribution in [2.75, 3.05) is 13.2 Å². The van der Waals surface area contributed by atoms with Crippen LogP contribution in [0.25, 0.3) is 0 Å². The lowest BCUT2D eigenvalue weighted by Crippen LogP contribution is -2.17. The highest BCUT2D eigenvalue weighted by atomic mass is 16.5. The third-order valence-electron chi connectivity index (χ3n) is 2.30. The van der Waals surface area contributed by atoms with Gasteiger partial charge < -0.3 is 15.6 Å². The zero-order chi connectivity index (χ0) is 14.0. The van der Waals surface area contributed by atoms with Crippen molar-refractivity contribution in [2.24, 2.45) is 16.6 Å². The number of aliphatic imine (C=N–C) groups is 1. The zero-order valence-electron chi connectivity index (χ0n) is 11.0. The van der Waals surface area contributed by atoms with Crippen LogP contribution in [0.1, 0.15) is 39.5 Å². The number of primary amides is 1. The van der Waals surface area contributed by atoms with E-state index in [-0.39, 0.29) is 25.0 Å². The number of carbonyl (C=O) groups excluding carboxylic acids is 2. The van der Waals surface area contributed by atoms with Gasteiger partial charge in [0.05, 0.1) is 6.61 Å². The van der Waals surface area contributed by atoms with Crippen LogP contribution in [0.4, 0.5) is 4.79 Å². The SMILES string of the molecule is CC(C)=NC(=O)OCC(CO)CCCCC(N)=O. The molecule has 0 spiro atoms. The van der Waals surface area contributed by atoms with Crippen LogP contribution in [0.2, 0.25) is 0 Å². The molecule has 104 valence electrons. The summed E-state index contributed by atoms with van der Waals surface area (Å²) in [4.78, 5) is 25.3. The molecule has 18 heavy (non-hydrogen) atoms. The van der Waals surface area contributed by atoms with Crippen LogP contribution < -0.4 is 5.73 Å². The van der Waals surface area contributed by atoms with E-state index >= 15 is 0 Å². The number of unbranched alkanes of at least 4 members (excludes halogenated alkanes) is 1. The normalized spacial score (nSPS) is 11.7. The van der Waals surface area contributed by atoms with E-state index in [0.717, 1.165) is 6.42 Å². The fourth-order valence-corrected chi connectivity index (χ4v) is 1.36. The summed E-state index contributed by atoms with van der Waals surface area (Å²) in [5.41, 5.74) is 5.64. The number of aliphatic hydroxyl groups excluding tert-OH is 1. The van der Waals surface area contributed by atoms with E-state index in [0.29, 0.717) is 25.0 Å². The Labute approximate surface area is 107 Å². The van der Waals surface area contributed by atoms with E-state index in [1.807, 2.05) is 0 Å². The number of aliphatic hydroxyl groups is 1. The zero-order valence-corrected chi connectivity index (χ0v) is 11.0. The topological polar surface area (TPSA) is 102 Å². The molecule has 0 saturated carbocycles. The van der Waals surface area contributed by atoms with Gasteiger partial charge in [0.25, 0.3) is 0 Å². The first-order valence-corrected chi connectivity index (χ1v) is 6.03. The highest BCUT2D eigenvalue weighted by Crippen LogP contribution is 2.10. The Morgan fingerprint density at radius 2 is 2.00 bits per heavy atom. The molecule has 0 aromatic rings. The van der Waals surface area contributed by atoms with Crippen molar-refractivity contribution < 1.29 is 19.4 Å². The third kappa shape index (κ3) is 9.77. The Morgan fingerprint density at radius 1 is 1.33 bits per heavy atom. The maximum absolute atomic E-state index is 11.1. The second-order valence-electron chi connectivity index (χ2n) is 4.40. The second kappa shape index (κ2) is 9.58. The minimum absolute atomic E-state index is 0.0569. The summed E-state index contributed by atoms with van der Waals surface area (Å²) in [5, 5.41) is 9.11. The van der Waals surface area contributed by atoms with Crippen LogP contribution in [0.5, 0.6) is 0 Å². The fraction of sp³-hybridized carbons (Fsp3) is 0.750. The van der Waals surface area contributed by atoms with Crippen LogP contribution >= 0.6 is 0 Å². The van der Waals surface area contributed by atoms with Crippen LogP contribution in [0.15, 0.2) is 4.99 Å². The summed E-state index contributed by atoms with van der Waals surface area (Å²) < 4.78 is 4.91. The number of nitrogens with zero attached hydrogens (tertiary/aromatic N) is 1. The monoisotopic (exact) mass is 258 g/mol. The average molecular weight is 258 g/mol. The minimum Gasteiger partial charge on any atom is -0.448 e. The van der Waals surface area contributed by atoms with Gasteiger partial charge in [0, 0.05) is 24.7 Å². The molecule has 2 amide bonds. The fourth-order valence-electron chi connectivity index (χ4n) is 1.36. The number of hydrogen-bond donors (Lipinski definition) is 2.